The van der Waals surface area contributed by atoms with Gasteiger partial charge < -0.3 is 9.64 Å². The van der Waals surface area contributed by atoms with Crippen LogP contribution < -0.4 is 10.3 Å². The van der Waals surface area contributed by atoms with Crippen LogP contribution in [-0.2, 0) is 6.42 Å². The summed E-state index contributed by atoms with van der Waals surface area (Å²) in [6, 6.07) is 16.3. The third-order valence-corrected chi connectivity index (χ3v) is 5.50. The number of hydrogen-bond donors (Lipinski definition) is 0. The van der Waals surface area contributed by atoms with Gasteiger partial charge in [-0.05, 0) is 43.0 Å². The van der Waals surface area contributed by atoms with Crippen molar-refractivity contribution in [1.29, 1.82) is 0 Å². The number of likely N-dealkylation sites (tertiary alicyclic amines) is 1. The molecule has 140 valence electrons. The highest BCUT2D eigenvalue weighted by Gasteiger charge is 2.22. The summed E-state index contributed by atoms with van der Waals surface area (Å²) in [5, 5.41) is 0.628. The molecule has 0 N–H and O–H groups in total. The molecule has 2 heterocycles. The highest BCUT2D eigenvalue weighted by atomic mass is 16.5. The second kappa shape index (κ2) is 7.92. The molecule has 3 aromatic rings. The lowest BCUT2D eigenvalue weighted by molar-refractivity contribution is 0.186. The number of benzene rings is 2. The predicted octanol–water partition coefficient (Wildman–Crippen LogP) is 3.28. The van der Waals surface area contributed by atoms with Crippen LogP contribution in [0.15, 0.2) is 59.7 Å². The number of aromatic nitrogens is 2. The molecule has 0 bridgehead atoms. The van der Waals surface area contributed by atoms with Crippen LogP contribution in [0.3, 0.4) is 0 Å². The maximum atomic E-state index is 12.9. The van der Waals surface area contributed by atoms with Crippen molar-refractivity contribution in [2.45, 2.75) is 25.3 Å². The van der Waals surface area contributed by atoms with Gasteiger partial charge in [-0.1, -0.05) is 30.3 Å². The molecular formula is C22H25N3O2. The molecule has 5 heteroatoms. The first-order valence-corrected chi connectivity index (χ1v) is 9.56. The van der Waals surface area contributed by atoms with Crippen molar-refractivity contribution >= 4 is 10.9 Å². The van der Waals surface area contributed by atoms with Crippen LogP contribution in [-0.4, -0.2) is 41.2 Å². The zero-order chi connectivity index (χ0) is 18.6. The molecule has 0 saturated carbocycles. The van der Waals surface area contributed by atoms with Gasteiger partial charge in [0.05, 0.1) is 24.3 Å². The zero-order valence-corrected chi connectivity index (χ0v) is 15.7. The van der Waals surface area contributed by atoms with E-state index in [-0.39, 0.29) is 11.6 Å². The van der Waals surface area contributed by atoms with Crippen LogP contribution in [0.2, 0.25) is 0 Å². The summed E-state index contributed by atoms with van der Waals surface area (Å²) in [5.41, 5.74) is 2.13. The van der Waals surface area contributed by atoms with Crippen LogP contribution in [0, 0.1) is 0 Å². The molecule has 0 amide bonds. The van der Waals surface area contributed by atoms with E-state index < -0.39 is 0 Å². The summed E-state index contributed by atoms with van der Waals surface area (Å²) in [5.74, 6) is 0.690. The first kappa shape index (κ1) is 17.7. The molecule has 1 aromatic heterocycles. The number of rotatable bonds is 5. The molecule has 0 radical (unpaired) electrons. The molecular weight excluding hydrogens is 338 g/mol. The second-order valence-electron chi connectivity index (χ2n) is 7.15. The van der Waals surface area contributed by atoms with Crippen molar-refractivity contribution in [1.82, 2.24) is 14.5 Å². The molecule has 1 fully saturated rings. The third-order valence-electron chi connectivity index (χ3n) is 5.50. The smallest absolute Gasteiger partial charge is 0.261 e. The van der Waals surface area contributed by atoms with Crippen LogP contribution in [0.1, 0.15) is 24.4 Å². The van der Waals surface area contributed by atoms with E-state index in [0.717, 1.165) is 44.4 Å². The highest BCUT2D eigenvalue weighted by molar-refractivity contribution is 5.78. The van der Waals surface area contributed by atoms with Gasteiger partial charge in [0.2, 0.25) is 0 Å². The van der Waals surface area contributed by atoms with E-state index in [1.807, 2.05) is 16.7 Å². The van der Waals surface area contributed by atoms with Crippen LogP contribution >= 0.6 is 0 Å². The Bertz CT molecular complexity index is 960. The first-order valence-electron chi connectivity index (χ1n) is 9.56. The average Bonchev–Trinajstić information content (AvgIpc) is 2.74. The fraction of sp³-hybridized carbons (Fsp3) is 0.364. The van der Waals surface area contributed by atoms with Gasteiger partial charge in [-0.25, -0.2) is 4.98 Å². The van der Waals surface area contributed by atoms with Gasteiger partial charge in [0.25, 0.3) is 5.56 Å². The Hall–Kier alpha value is -2.66. The Morgan fingerprint density at radius 1 is 1.11 bits per heavy atom. The van der Waals surface area contributed by atoms with E-state index in [1.54, 1.807) is 19.5 Å². The predicted molar refractivity (Wildman–Crippen MR) is 107 cm³/mol. The summed E-state index contributed by atoms with van der Waals surface area (Å²) >= 11 is 0. The zero-order valence-electron chi connectivity index (χ0n) is 15.7. The number of methoxy groups -OCH3 is 1. The van der Waals surface area contributed by atoms with Gasteiger partial charge in [0.15, 0.2) is 0 Å². The summed E-state index contributed by atoms with van der Waals surface area (Å²) in [4.78, 5) is 19.9. The molecule has 0 aliphatic carbocycles. The van der Waals surface area contributed by atoms with Gasteiger partial charge in [-0.15, -0.1) is 0 Å². The Morgan fingerprint density at radius 2 is 1.89 bits per heavy atom. The minimum absolute atomic E-state index is 0.0293. The normalized spacial score (nSPS) is 15.9. The third kappa shape index (κ3) is 3.88. The Labute approximate surface area is 159 Å². The van der Waals surface area contributed by atoms with Gasteiger partial charge in [-0.2, -0.15) is 0 Å². The first-order chi connectivity index (χ1) is 13.2. The average molecular weight is 363 g/mol. The maximum absolute atomic E-state index is 12.9. The van der Waals surface area contributed by atoms with E-state index in [2.05, 4.69) is 40.2 Å². The number of nitrogens with zero attached hydrogens (tertiary/aromatic N) is 3. The summed E-state index contributed by atoms with van der Waals surface area (Å²) in [6.45, 7) is 3.10. The second-order valence-corrected chi connectivity index (χ2v) is 7.15. The Morgan fingerprint density at radius 3 is 2.63 bits per heavy atom. The molecule has 2 aromatic carbocycles. The minimum Gasteiger partial charge on any atom is -0.497 e. The molecule has 0 unspecified atom stereocenters. The van der Waals surface area contributed by atoms with E-state index in [9.17, 15) is 4.79 Å². The van der Waals surface area contributed by atoms with Gasteiger partial charge >= 0.3 is 0 Å². The summed E-state index contributed by atoms with van der Waals surface area (Å²) < 4.78 is 7.07. The fourth-order valence-corrected chi connectivity index (χ4v) is 3.86. The topological polar surface area (TPSA) is 47.4 Å². The number of fused-ring (bicyclic) bond motifs is 1. The van der Waals surface area contributed by atoms with Gasteiger partial charge in [0.1, 0.15) is 5.75 Å². The molecule has 1 aliphatic heterocycles. The SMILES string of the molecule is COc1ccc2ncn(C3CCN(CCc4ccccc4)CC3)c(=O)c2c1. The summed E-state index contributed by atoms with van der Waals surface area (Å²) in [6.07, 6.45) is 4.74. The lowest BCUT2D eigenvalue weighted by Crippen LogP contribution is -2.38. The molecule has 27 heavy (non-hydrogen) atoms. The van der Waals surface area contributed by atoms with Crippen LogP contribution in [0.5, 0.6) is 5.75 Å². The number of piperidine rings is 1. The molecule has 1 saturated heterocycles. The molecule has 1 aliphatic rings. The Kier molecular flexibility index (Phi) is 5.21. The molecule has 5 nitrogen and oxygen atoms in total. The maximum Gasteiger partial charge on any atom is 0.261 e. The fourth-order valence-electron chi connectivity index (χ4n) is 3.86. The van der Waals surface area contributed by atoms with Crippen molar-refractivity contribution in [2.24, 2.45) is 0 Å². The van der Waals surface area contributed by atoms with Crippen molar-refractivity contribution in [2.75, 3.05) is 26.7 Å². The minimum atomic E-state index is 0.0293. The van der Waals surface area contributed by atoms with Crippen molar-refractivity contribution in [3.63, 3.8) is 0 Å². The number of ether oxygens (including phenoxy) is 1. The summed E-state index contributed by atoms with van der Waals surface area (Å²) in [7, 11) is 1.61. The van der Waals surface area contributed by atoms with E-state index in [1.165, 1.54) is 5.56 Å². The van der Waals surface area contributed by atoms with Crippen LogP contribution in [0.25, 0.3) is 10.9 Å². The van der Waals surface area contributed by atoms with Crippen molar-refractivity contribution in [3.05, 3.63) is 70.8 Å². The van der Waals surface area contributed by atoms with E-state index >= 15 is 0 Å². The molecule has 0 spiro atoms. The molecule has 0 atom stereocenters. The standard InChI is InChI=1S/C22H25N3O2/c1-27-19-7-8-21-20(15-19)22(26)25(16-23-21)18-10-13-24(14-11-18)12-9-17-5-3-2-4-6-17/h2-8,15-16,18H,9-14H2,1H3. The Balaban J connectivity index is 1.43. The van der Waals surface area contributed by atoms with Gasteiger partial charge in [0, 0.05) is 25.7 Å². The molecule has 4 rings (SSSR count). The largest absolute Gasteiger partial charge is 0.497 e. The highest BCUT2D eigenvalue weighted by Crippen LogP contribution is 2.23. The number of hydrogen-bond acceptors (Lipinski definition) is 4. The van der Waals surface area contributed by atoms with E-state index in [0.29, 0.717) is 11.1 Å². The quantitative estimate of drug-likeness (QED) is 0.698. The van der Waals surface area contributed by atoms with Crippen molar-refractivity contribution in [3.8, 4) is 5.75 Å². The lowest BCUT2D eigenvalue weighted by Gasteiger charge is -2.32. The van der Waals surface area contributed by atoms with Gasteiger partial charge in [-0.3, -0.25) is 9.36 Å². The lowest BCUT2D eigenvalue weighted by atomic mass is 10.0. The monoisotopic (exact) mass is 363 g/mol. The van der Waals surface area contributed by atoms with Crippen LogP contribution in [0.4, 0.5) is 0 Å². The van der Waals surface area contributed by atoms with Crippen molar-refractivity contribution < 1.29 is 4.74 Å². The van der Waals surface area contributed by atoms with E-state index in [4.69, 9.17) is 4.74 Å².